The van der Waals surface area contributed by atoms with Gasteiger partial charge < -0.3 is 0 Å². The molecule has 2 aromatic heterocycles. The van der Waals surface area contributed by atoms with E-state index in [0.717, 1.165) is 6.42 Å². The third-order valence-electron chi connectivity index (χ3n) is 1.98. The van der Waals surface area contributed by atoms with Crippen LogP contribution in [0.1, 0.15) is 24.6 Å². The van der Waals surface area contributed by atoms with Gasteiger partial charge in [0.15, 0.2) is 0 Å². The lowest BCUT2D eigenvalue weighted by Gasteiger charge is -1.92. The van der Waals surface area contributed by atoms with Crippen LogP contribution in [0.2, 0.25) is 0 Å². The first kappa shape index (κ1) is 7.80. The highest BCUT2D eigenvalue weighted by Gasteiger charge is 2.05. The van der Waals surface area contributed by atoms with E-state index < -0.39 is 0 Å². The molecule has 0 aromatic carbocycles. The smallest absolute Gasteiger partial charge is 0.122 e. The van der Waals surface area contributed by atoms with Crippen LogP contribution in [0.4, 0.5) is 0 Å². The van der Waals surface area contributed by atoms with Crippen LogP contribution < -0.4 is 0 Å². The van der Waals surface area contributed by atoms with Crippen molar-refractivity contribution >= 4 is 16.2 Å². The number of thiazole rings is 1. The van der Waals surface area contributed by atoms with E-state index in [1.165, 1.54) is 22.5 Å². The monoisotopic (exact) mass is 180 g/mol. The number of fused-ring (bicyclic) bond motifs is 1. The third-order valence-corrected chi connectivity index (χ3v) is 3.09. The average molecular weight is 180 g/mol. The maximum Gasteiger partial charge on any atom is 0.122 e. The van der Waals surface area contributed by atoms with Gasteiger partial charge >= 0.3 is 0 Å². The summed E-state index contributed by atoms with van der Waals surface area (Å²) in [5.41, 5.74) is 2.62. The van der Waals surface area contributed by atoms with Gasteiger partial charge in [-0.3, -0.25) is 0 Å². The Hall–Kier alpha value is -0.830. The Labute approximate surface area is 75.8 Å². The zero-order valence-corrected chi connectivity index (χ0v) is 8.19. The van der Waals surface area contributed by atoms with E-state index in [1.54, 1.807) is 11.3 Å². The van der Waals surface area contributed by atoms with Crippen LogP contribution in [-0.2, 0) is 6.42 Å². The molecule has 2 aromatic rings. The molecule has 0 spiro atoms. The summed E-state index contributed by atoms with van der Waals surface area (Å²) in [6, 6.07) is 0. The summed E-state index contributed by atoms with van der Waals surface area (Å²) in [6.07, 6.45) is 4.25. The highest BCUT2D eigenvalue weighted by Crippen LogP contribution is 2.20. The van der Waals surface area contributed by atoms with Crippen LogP contribution in [-0.4, -0.2) is 9.61 Å². The molecule has 0 aliphatic heterocycles. The lowest BCUT2D eigenvalue weighted by atomic mass is 10.3. The molecule has 2 heterocycles. The molecule has 0 aliphatic carbocycles. The molecule has 0 amide bonds. The van der Waals surface area contributed by atoms with Crippen molar-refractivity contribution in [1.82, 2.24) is 9.61 Å². The number of aromatic nitrogens is 2. The average Bonchev–Trinajstić information content (AvgIpc) is 2.58. The highest BCUT2D eigenvalue weighted by atomic mass is 32.1. The second-order valence-electron chi connectivity index (χ2n) is 3.02. The first-order valence-electron chi connectivity index (χ1n) is 4.23. The zero-order valence-electron chi connectivity index (χ0n) is 7.37. The summed E-state index contributed by atoms with van der Waals surface area (Å²) < 4.78 is 2.06. The standard InChI is InChI=1S/C9H12N2S/c1-3-4-8-6-12-9-7(2)5-10-11(8)9/h5-6H,3-4H2,1-2H3. The maximum atomic E-state index is 4.32. The fraction of sp³-hybridized carbons (Fsp3) is 0.444. The van der Waals surface area contributed by atoms with Crippen molar-refractivity contribution in [3.8, 4) is 0 Å². The molecule has 2 rings (SSSR count). The van der Waals surface area contributed by atoms with Crippen LogP contribution in [0.25, 0.3) is 4.83 Å². The largest absolute Gasteiger partial charge is 0.227 e. The van der Waals surface area contributed by atoms with E-state index in [-0.39, 0.29) is 0 Å². The molecular weight excluding hydrogens is 168 g/mol. The van der Waals surface area contributed by atoms with Crippen molar-refractivity contribution in [3.63, 3.8) is 0 Å². The summed E-state index contributed by atoms with van der Waals surface area (Å²) in [7, 11) is 0. The number of aryl methyl sites for hydroxylation is 2. The van der Waals surface area contributed by atoms with Crippen molar-refractivity contribution in [2.24, 2.45) is 0 Å². The maximum absolute atomic E-state index is 4.32. The van der Waals surface area contributed by atoms with E-state index in [2.05, 4.69) is 28.8 Å². The first-order valence-corrected chi connectivity index (χ1v) is 5.11. The lowest BCUT2D eigenvalue weighted by molar-refractivity contribution is 0.818. The molecule has 0 fully saturated rings. The molecule has 0 aliphatic rings. The van der Waals surface area contributed by atoms with Crippen molar-refractivity contribution < 1.29 is 0 Å². The van der Waals surface area contributed by atoms with Crippen LogP contribution in [0.3, 0.4) is 0 Å². The summed E-state index contributed by atoms with van der Waals surface area (Å²) >= 11 is 1.79. The molecule has 3 heteroatoms. The molecule has 0 saturated carbocycles. The number of rotatable bonds is 2. The van der Waals surface area contributed by atoms with Crippen LogP contribution >= 0.6 is 11.3 Å². The topological polar surface area (TPSA) is 17.3 Å². The lowest BCUT2D eigenvalue weighted by Crippen LogP contribution is -1.91. The van der Waals surface area contributed by atoms with E-state index in [1.807, 2.05) is 6.20 Å². The summed E-state index contributed by atoms with van der Waals surface area (Å²) in [4.78, 5) is 1.29. The van der Waals surface area contributed by atoms with Gasteiger partial charge in [-0.1, -0.05) is 13.3 Å². The summed E-state index contributed by atoms with van der Waals surface area (Å²) in [6.45, 7) is 4.30. The van der Waals surface area contributed by atoms with Gasteiger partial charge in [0.05, 0.1) is 11.9 Å². The number of hydrogen-bond donors (Lipinski definition) is 0. The van der Waals surface area contributed by atoms with Crippen LogP contribution in [0, 0.1) is 6.92 Å². The minimum Gasteiger partial charge on any atom is -0.227 e. The fourth-order valence-electron chi connectivity index (χ4n) is 1.36. The number of nitrogens with zero attached hydrogens (tertiary/aromatic N) is 2. The third kappa shape index (κ3) is 1.05. The van der Waals surface area contributed by atoms with Crippen LogP contribution in [0.5, 0.6) is 0 Å². The van der Waals surface area contributed by atoms with E-state index in [0.29, 0.717) is 0 Å². The van der Waals surface area contributed by atoms with Gasteiger partial charge in [-0.25, -0.2) is 4.52 Å². The minimum absolute atomic E-state index is 1.13. The van der Waals surface area contributed by atoms with Gasteiger partial charge in [0.2, 0.25) is 0 Å². The second kappa shape index (κ2) is 2.90. The molecule has 0 bridgehead atoms. The SMILES string of the molecule is CCCc1csc2c(C)cnn12. The molecule has 12 heavy (non-hydrogen) atoms. The Morgan fingerprint density at radius 3 is 3.17 bits per heavy atom. The molecule has 2 nitrogen and oxygen atoms in total. The quantitative estimate of drug-likeness (QED) is 0.694. The molecule has 0 saturated heterocycles. The van der Waals surface area contributed by atoms with Crippen molar-refractivity contribution in [2.45, 2.75) is 26.7 Å². The van der Waals surface area contributed by atoms with Crippen LogP contribution in [0.15, 0.2) is 11.6 Å². The molecule has 0 radical (unpaired) electrons. The zero-order chi connectivity index (χ0) is 8.55. The first-order chi connectivity index (χ1) is 5.83. The fourth-order valence-corrected chi connectivity index (χ4v) is 2.33. The minimum atomic E-state index is 1.13. The summed E-state index contributed by atoms with van der Waals surface area (Å²) in [5, 5.41) is 6.53. The van der Waals surface area contributed by atoms with Gasteiger partial charge in [0.1, 0.15) is 4.83 Å². The van der Waals surface area contributed by atoms with Crippen molar-refractivity contribution in [1.29, 1.82) is 0 Å². The predicted molar refractivity (Wildman–Crippen MR) is 51.8 cm³/mol. The Morgan fingerprint density at radius 1 is 1.58 bits per heavy atom. The van der Waals surface area contributed by atoms with Gasteiger partial charge in [-0.05, 0) is 13.3 Å². The Bertz CT molecular complexity index is 386. The van der Waals surface area contributed by atoms with Gasteiger partial charge in [0.25, 0.3) is 0 Å². The van der Waals surface area contributed by atoms with Gasteiger partial charge in [0, 0.05) is 10.9 Å². The predicted octanol–water partition coefficient (Wildman–Crippen LogP) is 2.66. The van der Waals surface area contributed by atoms with Gasteiger partial charge in [-0.2, -0.15) is 5.10 Å². The van der Waals surface area contributed by atoms with Crippen molar-refractivity contribution in [3.05, 3.63) is 22.8 Å². The molecule has 0 unspecified atom stereocenters. The molecular formula is C9H12N2S. The Kier molecular flexibility index (Phi) is 1.89. The highest BCUT2D eigenvalue weighted by molar-refractivity contribution is 7.15. The van der Waals surface area contributed by atoms with Gasteiger partial charge in [-0.15, -0.1) is 11.3 Å². The normalized spacial score (nSPS) is 11.2. The van der Waals surface area contributed by atoms with E-state index in [9.17, 15) is 0 Å². The van der Waals surface area contributed by atoms with E-state index >= 15 is 0 Å². The van der Waals surface area contributed by atoms with Crippen molar-refractivity contribution in [2.75, 3.05) is 0 Å². The second-order valence-corrected chi connectivity index (χ2v) is 3.88. The molecule has 0 atom stereocenters. The number of hydrogen-bond acceptors (Lipinski definition) is 2. The molecule has 0 N–H and O–H groups in total. The Balaban J connectivity index is 2.55. The van der Waals surface area contributed by atoms with E-state index in [4.69, 9.17) is 0 Å². The Morgan fingerprint density at radius 2 is 2.42 bits per heavy atom. The summed E-state index contributed by atoms with van der Waals surface area (Å²) in [5.74, 6) is 0. The molecule has 64 valence electrons.